The van der Waals surface area contributed by atoms with E-state index in [0.717, 1.165) is 23.2 Å². The SMILES string of the molecule is CCNC(=NCCc1noc(-c2ccccn2)n1)N(C)Cc1csc(C(C)OC)n1.I. The number of pyridine rings is 1. The maximum absolute atomic E-state index is 5.34. The first-order chi connectivity index (χ1) is 14.6. The van der Waals surface area contributed by atoms with Crippen LogP contribution >= 0.6 is 35.3 Å². The third-order valence-corrected chi connectivity index (χ3v) is 5.37. The van der Waals surface area contributed by atoms with Gasteiger partial charge in [0.15, 0.2) is 11.8 Å². The Kier molecular flexibility index (Phi) is 10.3. The van der Waals surface area contributed by atoms with Crippen molar-refractivity contribution in [1.82, 2.24) is 30.3 Å². The van der Waals surface area contributed by atoms with Crippen LogP contribution in [0.3, 0.4) is 0 Å². The fourth-order valence-corrected chi connectivity index (χ4v) is 3.52. The lowest BCUT2D eigenvalue weighted by molar-refractivity contribution is 0.119. The van der Waals surface area contributed by atoms with Crippen LogP contribution in [0.25, 0.3) is 11.6 Å². The Morgan fingerprint density at radius 2 is 2.19 bits per heavy atom. The highest BCUT2D eigenvalue weighted by atomic mass is 127. The first-order valence-electron chi connectivity index (χ1n) is 9.81. The average Bonchev–Trinajstić information content (AvgIpc) is 3.43. The number of aliphatic imine (C=N–C) groups is 1. The maximum atomic E-state index is 5.34. The van der Waals surface area contributed by atoms with Gasteiger partial charge in [-0.3, -0.25) is 9.98 Å². The fraction of sp³-hybridized carbons (Fsp3) is 0.450. The molecule has 0 spiro atoms. The van der Waals surface area contributed by atoms with Gasteiger partial charge >= 0.3 is 0 Å². The van der Waals surface area contributed by atoms with Crippen LogP contribution in [0.1, 0.15) is 36.5 Å². The summed E-state index contributed by atoms with van der Waals surface area (Å²) in [6, 6.07) is 5.57. The second kappa shape index (κ2) is 12.7. The lowest BCUT2D eigenvalue weighted by Gasteiger charge is -2.21. The van der Waals surface area contributed by atoms with Gasteiger partial charge in [0.05, 0.1) is 12.2 Å². The van der Waals surface area contributed by atoms with Crippen LogP contribution in [0.4, 0.5) is 0 Å². The standard InChI is InChI=1S/C20H27N7O2S.HI/c1-5-21-20(27(3)12-15-13-30-19(24-15)14(2)28-4)23-11-9-17-25-18(29-26-17)16-8-6-7-10-22-16;/h6-8,10,13-14H,5,9,11-12H2,1-4H3,(H,21,23);1H. The summed E-state index contributed by atoms with van der Waals surface area (Å²) in [6.07, 6.45) is 2.27. The number of thiazole rings is 1. The van der Waals surface area contributed by atoms with Crippen molar-refractivity contribution in [1.29, 1.82) is 0 Å². The molecule has 0 aliphatic carbocycles. The summed E-state index contributed by atoms with van der Waals surface area (Å²) < 4.78 is 10.6. The van der Waals surface area contributed by atoms with E-state index in [1.807, 2.05) is 39.1 Å². The van der Waals surface area contributed by atoms with E-state index < -0.39 is 0 Å². The molecule has 0 saturated carbocycles. The summed E-state index contributed by atoms with van der Waals surface area (Å²) in [5, 5.41) is 10.4. The van der Waals surface area contributed by atoms with Crippen molar-refractivity contribution in [3.63, 3.8) is 0 Å². The number of rotatable bonds is 9. The molecule has 3 aromatic heterocycles. The molecule has 0 aliphatic rings. The van der Waals surface area contributed by atoms with Gasteiger partial charge < -0.3 is 19.5 Å². The molecule has 0 aliphatic heterocycles. The van der Waals surface area contributed by atoms with Crippen LogP contribution in [0.2, 0.25) is 0 Å². The highest BCUT2D eigenvalue weighted by Crippen LogP contribution is 2.21. The van der Waals surface area contributed by atoms with E-state index in [1.54, 1.807) is 24.6 Å². The minimum absolute atomic E-state index is 0. The Labute approximate surface area is 203 Å². The normalized spacial score (nSPS) is 12.3. The number of halogens is 1. The number of hydrogen-bond acceptors (Lipinski definition) is 8. The quantitative estimate of drug-likeness (QED) is 0.242. The second-order valence-corrected chi connectivity index (χ2v) is 7.52. The van der Waals surface area contributed by atoms with Gasteiger partial charge in [0, 0.05) is 45.2 Å². The molecule has 1 atom stereocenters. The summed E-state index contributed by atoms with van der Waals surface area (Å²) in [6.45, 7) is 6.01. The molecule has 168 valence electrons. The molecule has 1 N–H and O–H groups in total. The van der Waals surface area contributed by atoms with Crippen LogP contribution in [-0.2, 0) is 17.7 Å². The van der Waals surface area contributed by atoms with Gasteiger partial charge in [-0.05, 0) is 26.0 Å². The zero-order chi connectivity index (χ0) is 21.3. The third kappa shape index (κ3) is 7.21. The predicted molar refractivity (Wildman–Crippen MR) is 132 cm³/mol. The van der Waals surface area contributed by atoms with Crippen molar-refractivity contribution in [2.75, 3.05) is 27.2 Å². The van der Waals surface area contributed by atoms with Gasteiger partial charge in [0.25, 0.3) is 5.89 Å². The number of nitrogens with zero attached hydrogens (tertiary/aromatic N) is 6. The van der Waals surface area contributed by atoms with Crippen LogP contribution in [-0.4, -0.2) is 58.2 Å². The first-order valence-corrected chi connectivity index (χ1v) is 10.7. The monoisotopic (exact) mass is 557 g/mol. The molecule has 3 aromatic rings. The molecular formula is C20H28IN7O2S. The Morgan fingerprint density at radius 1 is 1.35 bits per heavy atom. The first kappa shape index (κ1) is 25.1. The topological polar surface area (TPSA) is 102 Å². The summed E-state index contributed by atoms with van der Waals surface area (Å²) >= 11 is 1.61. The minimum atomic E-state index is 0. The fourth-order valence-electron chi connectivity index (χ4n) is 2.68. The van der Waals surface area contributed by atoms with E-state index in [0.29, 0.717) is 36.9 Å². The van der Waals surface area contributed by atoms with Crippen LogP contribution in [0.15, 0.2) is 39.3 Å². The van der Waals surface area contributed by atoms with Crippen molar-refractivity contribution in [3.8, 4) is 11.6 Å². The summed E-state index contributed by atoms with van der Waals surface area (Å²) in [4.78, 5) is 20.0. The lowest BCUT2D eigenvalue weighted by atomic mass is 10.3. The predicted octanol–water partition coefficient (Wildman–Crippen LogP) is 3.55. The maximum Gasteiger partial charge on any atom is 0.276 e. The largest absolute Gasteiger partial charge is 0.375 e. The van der Waals surface area contributed by atoms with Crippen molar-refractivity contribution in [3.05, 3.63) is 46.3 Å². The molecular weight excluding hydrogens is 529 g/mol. The Hall–Kier alpha value is -2.12. The van der Waals surface area contributed by atoms with Gasteiger partial charge in [0.1, 0.15) is 16.8 Å². The van der Waals surface area contributed by atoms with Crippen molar-refractivity contribution in [2.24, 2.45) is 4.99 Å². The number of ether oxygens (including phenoxy) is 1. The molecule has 0 radical (unpaired) electrons. The minimum Gasteiger partial charge on any atom is -0.375 e. The summed E-state index contributed by atoms with van der Waals surface area (Å²) in [5.74, 6) is 1.83. The molecule has 0 amide bonds. The number of methoxy groups -OCH3 is 1. The van der Waals surface area contributed by atoms with E-state index in [1.165, 1.54) is 0 Å². The van der Waals surface area contributed by atoms with Crippen molar-refractivity contribution in [2.45, 2.75) is 32.9 Å². The van der Waals surface area contributed by atoms with E-state index in [4.69, 9.17) is 14.3 Å². The van der Waals surface area contributed by atoms with E-state index in [9.17, 15) is 0 Å². The Morgan fingerprint density at radius 3 is 2.90 bits per heavy atom. The molecule has 31 heavy (non-hydrogen) atoms. The molecule has 0 saturated heterocycles. The summed E-state index contributed by atoms with van der Waals surface area (Å²) in [5.41, 5.74) is 1.66. The molecule has 0 aromatic carbocycles. The van der Waals surface area contributed by atoms with Crippen molar-refractivity contribution >= 4 is 41.3 Å². The summed E-state index contributed by atoms with van der Waals surface area (Å²) in [7, 11) is 3.69. The van der Waals surface area contributed by atoms with Gasteiger partial charge in [-0.2, -0.15) is 4.98 Å². The zero-order valence-corrected chi connectivity index (χ0v) is 21.3. The van der Waals surface area contributed by atoms with Gasteiger partial charge in [-0.25, -0.2) is 4.98 Å². The van der Waals surface area contributed by atoms with Crippen LogP contribution < -0.4 is 5.32 Å². The number of nitrogens with one attached hydrogen (secondary N) is 1. The molecule has 0 bridgehead atoms. The van der Waals surface area contributed by atoms with Gasteiger partial charge in [-0.1, -0.05) is 11.2 Å². The van der Waals surface area contributed by atoms with E-state index >= 15 is 0 Å². The average molecular weight is 557 g/mol. The molecule has 3 heterocycles. The number of hydrogen-bond donors (Lipinski definition) is 1. The zero-order valence-electron chi connectivity index (χ0n) is 18.1. The molecule has 9 nitrogen and oxygen atoms in total. The molecule has 3 rings (SSSR count). The molecule has 1 unspecified atom stereocenters. The number of aromatic nitrogens is 4. The Bertz CT molecular complexity index is 948. The highest BCUT2D eigenvalue weighted by Gasteiger charge is 2.13. The van der Waals surface area contributed by atoms with Gasteiger partial charge in [-0.15, -0.1) is 35.3 Å². The van der Waals surface area contributed by atoms with E-state index in [-0.39, 0.29) is 30.1 Å². The molecule has 11 heteroatoms. The van der Waals surface area contributed by atoms with Gasteiger partial charge in [0.2, 0.25) is 0 Å². The lowest BCUT2D eigenvalue weighted by Crippen LogP contribution is -2.38. The second-order valence-electron chi connectivity index (χ2n) is 6.63. The van der Waals surface area contributed by atoms with Crippen LogP contribution in [0, 0.1) is 0 Å². The Balaban J connectivity index is 0.00000341. The van der Waals surface area contributed by atoms with Crippen LogP contribution in [0.5, 0.6) is 0 Å². The smallest absolute Gasteiger partial charge is 0.276 e. The van der Waals surface area contributed by atoms with E-state index in [2.05, 4.69) is 35.7 Å². The highest BCUT2D eigenvalue weighted by molar-refractivity contribution is 14.0. The number of guanidine groups is 1. The third-order valence-electron chi connectivity index (χ3n) is 4.32. The van der Waals surface area contributed by atoms with Crippen molar-refractivity contribution < 1.29 is 9.26 Å². The molecule has 0 fully saturated rings.